The number of halogens is 1. The number of piperidine rings is 1. The van der Waals surface area contributed by atoms with Gasteiger partial charge in [0.25, 0.3) is 0 Å². The van der Waals surface area contributed by atoms with Crippen molar-refractivity contribution in [2.24, 2.45) is 5.92 Å². The summed E-state index contributed by atoms with van der Waals surface area (Å²) in [6.45, 7) is 1.50. The van der Waals surface area contributed by atoms with Gasteiger partial charge < -0.3 is 4.90 Å². The second kappa shape index (κ2) is 6.33. The molecule has 1 fully saturated rings. The Morgan fingerprint density at radius 3 is 2.47 bits per heavy atom. The number of carbonyl (C=O) groups excluding carboxylic acids is 1. The maximum atomic E-state index is 12.8. The topological polar surface area (TPSA) is 44.1 Å². The van der Waals surface area contributed by atoms with E-state index in [9.17, 15) is 14.4 Å². The van der Waals surface area contributed by atoms with Crippen LogP contribution in [0.1, 0.15) is 24.8 Å². The maximum Gasteiger partial charge on any atom is 0.240 e. The molecule has 0 N–H and O–H groups in total. The maximum absolute atomic E-state index is 12.8. The van der Waals surface area contributed by atoms with Crippen molar-refractivity contribution in [3.8, 4) is 6.07 Å². The predicted octanol–water partition coefficient (Wildman–Crippen LogP) is 2.52. The second-order valence-corrected chi connectivity index (χ2v) is 4.90. The minimum absolute atomic E-state index is 0.0912. The summed E-state index contributed by atoms with van der Waals surface area (Å²) in [5.41, 5.74) is 0.818. The highest BCUT2D eigenvalue weighted by Gasteiger charge is 2.25. The number of nitriles is 1. The van der Waals surface area contributed by atoms with E-state index in [1.807, 2.05) is 0 Å². The first-order valence-electron chi connectivity index (χ1n) is 6.63. The number of amides is 1. The van der Waals surface area contributed by atoms with Gasteiger partial charge in [0.1, 0.15) is 11.7 Å². The quantitative estimate of drug-likeness (QED) is 0.838. The van der Waals surface area contributed by atoms with E-state index in [0.717, 1.165) is 37.9 Å². The molecule has 1 aliphatic heterocycles. The average Bonchev–Trinajstić information content (AvgIpc) is 2.47. The van der Waals surface area contributed by atoms with Crippen molar-refractivity contribution in [3.05, 3.63) is 35.6 Å². The van der Waals surface area contributed by atoms with E-state index in [0.29, 0.717) is 6.42 Å². The molecule has 3 nitrogen and oxygen atoms in total. The lowest BCUT2D eigenvalue weighted by molar-refractivity contribution is -0.134. The molecule has 1 aromatic rings. The second-order valence-electron chi connectivity index (χ2n) is 4.90. The molecule has 0 bridgehead atoms. The van der Waals surface area contributed by atoms with Crippen LogP contribution in [0.3, 0.4) is 0 Å². The average molecular weight is 260 g/mol. The summed E-state index contributed by atoms with van der Waals surface area (Å²) in [5.74, 6) is -1.06. The van der Waals surface area contributed by atoms with Crippen molar-refractivity contribution in [3.63, 3.8) is 0 Å². The van der Waals surface area contributed by atoms with Gasteiger partial charge in [0, 0.05) is 13.1 Å². The van der Waals surface area contributed by atoms with Gasteiger partial charge in [-0.3, -0.25) is 4.79 Å². The lowest BCUT2D eigenvalue weighted by Gasteiger charge is -2.28. The molecule has 19 heavy (non-hydrogen) atoms. The highest BCUT2D eigenvalue weighted by atomic mass is 19.1. The van der Waals surface area contributed by atoms with Crippen LogP contribution in [0, 0.1) is 23.1 Å². The van der Waals surface area contributed by atoms with Crippen LogP contribution in [-0.2, 0) is 11.2 Å². The van der Waals surface area contributed by atoms with Gasteiger partial charge in [-0.2, -0.15) is 5.26 Å². The first-order chi connectivity index (χ1) is 9.20. The molecule has 1 saturated heterocycles. The van der Waals surface area contributed by atoms with Crippen molar-refractivity contribution < 1.29 is 9.18 Å². The van der Waals surface area contributed by atoms with Crippen LogP contribution in [0.2, 0.25) is 0 Å². The number of rotatable bonds is 3. The molecule has 0 aliphatic carbocycles. The Morgan fingerprint density at radius 2 is 1.89 bits per heavy atom. The Bertz CT molecular complexity index is 472. The van der Waals surface area contributed by atoms with E-state index in [1.54, 1.807) is 17.0 Å². The van der Waals surface area contributed by atoms with Crippen LogP contribution in [0.5, 0.6) is 0 Å². The van der Waals surface area contributed by atoms with Crippen molar-refractivity contribution in [2.45, 2.75) is 25.7 Å². The fourth-order valence-electron chi connectivity index (χ4n) is 2.38. The smallest absolute Gasteiger partial charge is 0.240 e. The van der Waals surface area contributed by atoms with Crippen LogP contribution >= 0.6 is 0 Å². The van der Waals surface area contributed by atoms with Crippen LogP contribution < -0.4 is 0 Å². The Hall–Kier alpha value is -1.89. The van der Waals surface area contributed by atoms with E-state index < -0.39 is 5.92 Å². The fraction of sp³-hybridized carbons (Fsp3) is 0.467. The zero-order valence-electron chi connectivity index (χ0n) is 10.8. The number of likely N-dealkylation sites (tertiary alicyclic amines) is 1. The minimum Gasteiger partial charge on any atom is -0.342 e. The molecule has 2 rings (SSSR count). The number of carbonyl (C=O) groups is 1. The van der Waals surface area contributed by atoms with Gasteiger partial charge in [-0.05, 0) is 43.4 Å². The van der Waals surface area contributed by atoms with E-state index in [1.165, 1.54) is 12.1 Å². The predicted molar refractivity (Wildman–Crippen MR) is 69.6 cm³/mol. The van der Waals surface area contributed by atoms with E-state index in [2.05, 4.69) is 6.07 Å². The molecule has 4 heteroatoms. The standard InChI is InChI=1S/C15H17FN2O/c16-14-6-4-12(5-7-14)10-13(11-17)15(19)18-8-2-1-3-9-18/h4-7,13H,1-3,8-10H2. The van der Waals surface area contributed by atoms with Gasteiger partial charge >= 0.3 is 0 Å². The van der Waals surface area contributed by atoms with Gasteiger partial charge in [0.15, 0.2) is 0 Å². The first kappa shape index (κ1) is 13.5. The van der Waals surface area contributed by atoms with Gasteiger partial charge in [0.2, 0.25) is 5.91 Å². The zero-order chi connectivity index (χ0) is 13.7. The van der Waals surface area contributed by atoms with Gasteiger partial charge in [-0.25, -0.2) is 4.39 Å². The summed E-state index contributed by atoms with van der Waals surface area (Å²) in [4.78, 5) is 14.0. The summed E-state index contributed by atoms with van der Waals surface area (Å²) in [7, 11) is 0. The number of nitrogens with zero attached hydrogens (tertiary/aromatic N) is 2. The molecular weight excluding hydrogens is 243 g/mol. The Balaban J connectivity index is 2.01. The van der Waals surface area contributed by atoms with Gasteiger partial charge in [-0.1, -0.05) is 12.1 Å². The molecule has 0 saturated carbocycles. The van der Waals surface area contributed by atoms with Crippen molar-refractivity contribution in [2.75, 3.05) is 13.1 Å². The van der Waals surface area contributed by atoms with Crippen LogP contribution in [-0.4, -0.2) is 23.9 Å². The van der Waals surface area contributed by atoms with Crippen LogP contribution in [0.4, 0.5) is 4.39 Å². The van der Waals surface area contributed by atoms with Crippen LogP contribution in [0.25, 0.3) is 0 Å². The van der Waals surface area contributed by atoms with E-state index in [-0.39, 0.29) is 11.7 Å². The Morgan fingerprint density at radius 1 is 1.26 bits per heavy atom. The molecule has 0 spiro atoms. The molecule has 100 valence electrons. The molecule has 1 heterocycles. The summed E-state index contributed by atoms with van der Waals surface area (Å²) in [6.07, 6.45) is 3.53. The fourth-order valence-corrected chi connectivity index (χ4v) is 2.38. The summed E-state index contributed by atoms with van der Waals surface area (Å²) < 4.78 is 12.8. The lowest BCUT2D eigenvalue weighted by atomic mass is 9.98. The molecule has 1 atom stereocenters. The van der Waals surface area contributed by atoms with Crippen molar-refractivity contribution >= 4 is 5.91 Å². The van der Waals surface area contributed by atoms with Crippen molar-refractivity contribution in [1.29, 1.82) is 5.26 Å². The molecule has 1 aromatic carbocycles. The molecule has 0 radical (unpaired) electrons. The molecule has 1 unspecified atom stereocenters. The number of hydrogen-bond donors (Lipinski definition) is 0. The Kier molecular flexibility index (Phi) is 4.51. The molecule has 1 aliphatic rings. The third kappa shape index (κ3) is 3.54. The number of hydrogen-bond acceptors (Lipinski definition) is 2. The van der Waals surface area contributed by atoms with E-state index >= 15 is 0 Å². The molecule has 1 amide bonds. The van der Waals surface area contributed by atoms with Crippen molar-refractivity contribution in [1.82, 2.24) is 4.90 Å². The highest BCUT2D eigenvalue weighted by Crippen LogP contribution is 2.16. The third-order valence-electron chi connectivity index (χ3n) is 3.47. The summed E-state index contributed by atoms with van der Waals surface area (Å²) >= 11 is 0. The molecule has 0 aromatic heterocycles. The van der Waals surface area contributed by atoms with Gasteiger partial charge in [0.05, 0.1) is 6.07 Å². The largest absolute Gasteiger partial charge is 0.342 e. The zero-order valence-corrected chi connectivity index (χ0v) is 10.8. The van der Waals surface area contributed by atoms with E-state index in [4.69, 9.17) is 0 Å². The summed E-state index contributed by atoms with van der Waals surface area (Å²) in [5, 5.41) is 9.17. The molecular formula is C15H17FN2O. The highest BCUT2D eigenvalue weighted by molar-refractivity contribution is 5.81. The monoisotopic (exact) mass is 260 g/mol. The first-order valence-corrected chi connectivity index (χ1v) is 6.63. The normalized spacial score (nSPS) is 16.7. The lowest BCUT2D eigenvalue weighted by Crippen LogP contribution is -2.39. The Labute approximate surface area is 112 Å². The summed E-state index contributed by atoms with van der Waals surface area (Å²) in [6, 6.07) is 8.05. The third-order valence-corrected chi connectivity index (χ3v) is 3.47. The number of benzene rings is 1. The SMILES string of the molecule is N#CC(Cc1ccc(F)cc1)C(=O)N1CCCCC1. The van der Waals surface area contributed by atoms with Crippen LogP contribution in [0.15, 0.2) is 24.3 Å². The minimum atomic E-state index is -0.663. The van der Waals surface area contributed by atoms with Gasteiger partial charge in [-0.15, -0.1) is 0 Å².